The summed E-state index contributed by atoms with van der Waals surface area (Å²) >= 11 is 3.43. The zero-order valence-electron chi connectivity index (χ0n) is 14.3. The highest BCUT2D eigenvalue weighted by Gasteiger charge is 2.22. The molecular weight excluding hydrogens is 388 g/mol. The molecule has 2 heterocycles. The molecule has 130 valence electrons. The first-order valence-corrected chi connectivity index (χ1v) is 8.39. The summed E-state index contributed by atoms with van der Waals surface area (Å²) in [5, 5.41) is 13.0. The Balaban J connectivity index is 1.96. The van der Waals surface area contributed by atoms with E-state index in [2.05, 4.69) is 31.3 Å². The van der Waals surface area contributed by atoms with Gasteiger partial charge in [0.1, 0.15) is 17.0 Å². The molecule has 7 nitrogen and oxygen atoms in total. The number of carbonyl (C=O) groups excluding carboxylic acids is 1. The van der Waals surface area contributed by atoms with Crippen LogP contribution in [-0.2, 0) is 4.74 Å². The quantitative estimate of drug-likeness (QED) is 0.628. The van der Waals surface area contributed by atoms with Gasteiger partial charge < -0.3 is 9.26 Å². The van der Waals surface area contributed by atoms with Crippen molar-refractivity contribution in [1.82, 2.24) is 15.4 Å². The molecule has 0 aliphatic carbocycles. The molecule has 0 bridgehead atoms. The average molecular weight is 405 g/mol. The number of benzene rings is 1. The topological polar surface area (TPSA) is 81.4 Å². The largest absolute Gasteiger partial charge is 0.443 e. The summed E-state index contributed by atoms with van der Waals surface area (Å²) in [6.45, 7) is 5.44. The molecule has 0 fully saturated rings. The van der Waals surface area contributed by atoms with Crippen LogP contribution in [0.3, 0.4) is 0 Å². The lowest BCUT2D eigenvalue weighted by Crippen LogP contribution is -2.34. The number of amides is 1. The van der Waals surface area contributed by atoms with Crippen molar-refractivity contribution in [3.8, 4) is 11.4 Å². The SMILES string of the molecule is CN(C(=O)OC(C)(C)C)c1cnnc(-c2noc3c(Br)cccc23)c1. The predicted molar refractivity (Wildman–Crippen MR) is 97.4 cm³/mol. The van der Waals surface area contributed by atoms with Crippen molar-refractivity contribution in [2.75, 3.05) is 11.9 Å². The van der Waals surface area contributed by atoms with E-state index in [1.54, 1.807) is 13.1 Å². The van der Waals surface area contributed by atoms with Crippen LogP contribution in [0.1, 0.15) is 20.8 Å². The number of ether oxygens (including phenoxy) is 1. The lowest BCUT2D eigenvalue weighted by Gasteiger charge is -2.24. The van der Waals surface area contributed by atoms with E-state index in [0.29, 0.717) is 22.7 Å². The van der Waals surface area contributed by atoms with Crippen LogP contribution in [0.25, 0.3) is 22.4 Å². The number of hydrogen-bond acceptors (Lipinski definition) is 6. The summed E-state index contributed by atoms with van der Waals surface area (Å²) in [6.07, 6.45) is 1.02. The third kappa shape index (κ3) is 3.63. The molecule has 0 unspecified atom stereocenters. The molecule has 3 aromatic rings. The first-order valence-electron chi connectivity index (χ1n) is 7.60. The zero-order chi connectivity index (χ0) is 18.2. The lowest BCUT2D eigenvalue weighted by atomic mass is 10.1. The molecule has 8 heteroatoms. The van der Waals surface area contributed by atoms with E-state index in [0.717, 1.165) is 9.86 Å². The second-order valence-corrected chi connectivity index (χ2v) is 7.34. The maximum atomic E-state index is 12.2. The molecule has 0 spiro atoms. The van der Waals surface area contributed by atoms with Crippen LogP contribution >= 0.6 is 15.9 Å². The molecule has 0 N–H and O–H groups in total. The number of aromatic nitrogens is 3. The average Bonchev–Trinajstić information content (AvgIpc) is 2.98. The van der Waals surface area contributed by atoms with E-state index in [-0.39, 0.29) is 0 Å². The molecule has 0 aliphatic rings. The molecule has 0 saturated heterocycles. The molecule has 1 aromatic carbocycles. The Morgan fingerprint density at radius 1 is 1.32 bits per heavy atom. The van der Waals surface area contributed by atoms with Crippen LogP contribution in [0.2, 0.25) is 0 Å². The summed E-state index contributed by atoms with van der Waals surface area (Å²) in [5.41, 5.74) is 1.66. The van der Waals surface area contributed by atoms with E-state index in [9.17, 15) is 4.79 Å². The van der Waals surface area contributed by atoms with Gasteiger partial charge in [-0.15, -0.1) is 5.10 Å². The van der Waals surface area contributed by atoms with E-state index in [1.165, 1.54) is 11.1 Å². The monoisotopic (exact) mass is 404 g/mol. The second-order valence-electron chi connectivity index (χ2n) is 6.49. The number of anilines is 1. The first-order chi connectivity index (χ1) is 11.8. The zero-order valence-corrected chi connectivity index (χ0v) is 15.9. The van der Waals surface area contributed by atoms with Crippen LogP contribution < -0.4 is 4.90 Å². The molecule has 3 rings (SSSR count). The molecule has 0 atom stereocenters. The van der Waals surface area contributed by atoms with Gasteiger partial charge in [-0.2, -0.15) is 5.10 Å². The molecule has 25 heavy (non-hydrogen) atoms. The molecule has 0 radical (unpaired) electrons. The molecular formula is C17H17BrN4O3. The predicted octanol–water partition coefficient (Wildman–Crippen LogP) is 4.42. The smallest absolute Gasteiger partial charge is 0.414 e. The van der Waals surface area contributed by atoms with Crippen molar-refractivity contribution in [1.29, 1.82) is 0 Å². The van der Waals surface area contributed by atoms with Crippen molar-refractivity contribution in [3.05, 3.63) is 34.9 Å². The van der Waals surface area contributed by atoms with Gasteiger partial charge >= 0.3 is 6.09 Å². The number of carbonyl (C=O) groups is 1. The van der Waals surface area contributed by atoms with Gasteiger partial charge in [-0.05, 0) is 54.9 Å². The highest BCUT2D eigenvalue weighted by atomic mass is 79.9. The standard InChI is InChI=1S/C17H17BrN4O3/c1-17(2,3)24-16(23)22(4)10-8-13(20-19-9-10)14-11-6-5-7-12(18)15(11)25-21-14/h5-9H,1-4H3. The first kappa shape index (κ1) is 17.3. The summed E-state index contributed by atoms with van der Waals surface area (Å²) in [5.74, 6) is 0. The van der Waals surface area contributed by atoms with E-state index >= 15 is 0 Å². The van der Waals surface area contributed by atoms with Crippen LogP contribution in [0.4, 0.5) is 10.5 Å². The summed E-state index contributed by atoms with van der Waals surface area (Å²) in [6, 6.07) is 7.36. The Morgan fingerprint density at radius 3 is 2.80 bits per heavy atom. The van der Waals surface area contributed by atoms with Crippen molar-refractivity contribution in [3.63, 3.8) is 0 Å². The van der Waals surface area contributed by atoms with E-state index in [1.807, 2.05) is 39.0 Å². The van der Waals surface area contributed by atoms with Gasteiger partial charge in [-0.25, -0.2) is 4.79 Å². The Morgan fingerprint density at radius 2 is 2.08 bits per heavy atom. The third-order valence-corrected chi connectivity index (χ3v) is 4.01. The van der Waals surface area contributed by atoms with E-state index < -0.39 is 11.7 Å². The van der Waals surface area contributed by atoms with E-state index in [4.69, 9.17) is 9.26 Å². The summed E-state index contributed by atoms with van der Waals surface area (Å²) in [7, 11) is 1.62. The van der Waals surface area contributed by atoms with Gasteiger partial charge in [-0.1, -0.05) is 11.2 Å². The minimum atomic E-state index is -0.580. The Hall–Kier alpha value is -2.48. The fourth-order valence-corrected chi connectivity index (χ4v) is 2.64. The maximum Gasteiger partial charge on any atom is 0.414 e. The lowest BCUT2D eigenvalue weighted by molar-refractivity contribution is 0.0589. The highest BCUT2D eigenvalue weighted by molar-refractivity contribution is 9.10. The molecule has 1 amide bonds. The number of halogens is 1. The molecule has 0 saturated carbocycles. The number of para-hydroxylation sites is 1. The fourth-order valence-electron chi connectivity index (χ4n) is 2.20. The van der Waals surface area contributed by atoms with Crippen LogP contribution in [0.15, 0.2) is 39.5 Å². The Kier molecular flexibility index (Phi) is 4.47. The van der Waals surface area contributed by atoms with Crippen molar-refractivity contribution >= 4 is 38.7 Å². The van der Waals surface area contributed by atoms with Gasteiger partial charge in [0.15, 0.2) is 5.58 Å². The van der Waals surface area contributed by atoms with Gasteiger partial charge in [0.05, 0.1) is 21.7 Å². The van der Waals surface area contributed by atoms with Crippen molar-refractivity contribution < 1.29 is 14.1 Å². The second kappa shape index (κ2) is 6.44. The van der Waals surface area contributed by atoms with Crippen LogP contribution in [0.5, 0.6) is 0 Å². The highest BCUT2D eigenvalue weighted by Crippen LogP contribution is 2.32. The van der Waals surface area contributed by atoms with Crippen molar-refractivity contribution in [2.24, 2.45) is 0 Å². The maximum absolute atomic E-state index is 12.2. The summed E-state index contributed by atoms with van der Waals surface area (Å²) < 4.78 is 11.6. The van der Waals surface area contributed by atoms with Crippen molar-refractivity contribution in [2.45, 2.75) is 26.4 Å². The number of hydrogen-bond donors (Lipinski definition) is 0. The van der Waals surface area contributed by atoms with Gasteiger partial charge in [-0.3, -0.25) is 4.90 Å². The van der Waals surface area contributed by atoms with Crippen LogP contribution in [0, 0.1) is 0 Å². The van der Waals surface area contributed by atoms with Gasteiger partial charge in [0, 0.05) is 7.05 Å². The third-order valence-electron chi connectivity index (χ3n) is 3.39. The summed E-state index contributed by atoms with van der Waals surface area (Å²) in [4.78, 5) is 13.6. The van der Waals surface area contributed by atoms with Gasteiger partial charge in [0.2, 0.25) is 0 Å². The Labute approximate surface area is 153 Å². The minimum absolute atomic E-state index is 0.473. The number of nitrogens with zero attached hydrogens (tertiary/aromatic N) is 4. The number of fused-ring (bicyclic) bond motifs is 1. The van der Waals surface area contributed by atoms with Gasteiger partial charge in [0.25, 0.3) is 0 Å². The normalized spacial score (nSPS) is 11.6. The minimum Gasteiger partial charge on any atom is -0.443 e. The number of rotatable bonds is 2. The molecule has 2 aromatic heterocycles. The molecule has 0 aliphatic heterocycles. The fraction of sp³-hybridized carbons (Fsp3) is 0.294. The Bertz CT molecular complexity index is 933. The van der Waals surface area contributed by atoms with Crippen LogP contribution in [-0.4, -0.2) is 34.1 Å².